The molecular formula is C34H51N3O5S. The molecule has 0 fully saturated rings. The van der Waals surface area contributed by atoms with Gasteiger partial charge in [-0.1, -0.05) is 68.9 Å². The maximum Gasteiger partial charge on any atom is 0.408 e. The van der Waals surface area contributed by atoms with Crippen molar-refractivity contribution >= 4 is 35.4 Å². The lowest BCUT2D eigenvalue weighted by atomic mass is 9.99. The minimum Gasteiger partial charge on any atom is -0.497 e. The molecule has 2 unspecified atom stereocenters. The average molecular weight is 614 g/mol. The fraction of sp³-hybridized carbons (Fsp3) is 0.559. The largest absolute Gasteiger partial charge is 0.497 e. The highest BCUT2D eigenvalue weighted by Gasteiger charge is 2.36. The number of benzene rings is 2. The summed E-state index contributed by atoms with van der Waals surface area (Å²) in [4.78, 5) is 43.0. The number of hydrogen-bond acceptors (Lipinski definition) is 6. The molecule has 0 saturated carbocycles. The van der Waals surface area contributed by atoms with E-state index in [1.807, 2.05) is 37.4 Å². The van der Waals surface area contributed by atoms with Gasteiger partial charge < -0.3 is 25.0 Å². The standard InChI is InChI=1S/C34H51N3O5S/c1-8-9-10-11-12-13-22-37(32(39)29(21-23-43-7)36-33(40)42-34(3,4)5)30(26-16-14-15-25(2)24-26)31(38)35-27-17-19-28(41-6)20-18-27/h14-20,24,29-30H,8-13,21-23H2,1-7H3,(H,35,38)(H,36,40). The molecule has 2 rings (SSSR count). The molecule has 2 N–H and O–H groups in total. The van der Waals surface area contributed by atoms with Gasteiger partial charge in [0.15, 0.2) is 0 Å². The predicted octanol–water partition coefficient (Wildman–Crippen LogP) is 7.52. The number of nitrogens with one attached hydrogen (secondary N) is 2. The van der Waals surface area contributed by atoms with E-state index in [0.717, 1.165) is 37.7 Å². The molecule has 0 heterocycles. The zero-order chi connectivity index (χ0) is 31.8. The summed E-state index contributed by atoms with van der Waals surface area (Å²) >= 11 is 1.59. The second-order valence-corrected chi connectivity index (χ2v) is 12.8. The number of nitrogens with zero attached hydrogens (tertiary/aromatic N) is 1. The Morgan fingerprint density at radius 2 is 1.65 bits per heavy atom. The number of alkyl carbamates (subject to hydrolysis) is 1. The summed E-state index contributed by atoms with van der Waals surface area (Å²) < 4.78 is 10.8. The van der Waals surface area contributed by atoms with Crippen LogP contribution in [0.2, 0.25) is 0 Å². The zero-order valence-corrected chi connectivity index (χ0v) is 27.9. The minimum atomic E-state index is -0.901. The van der Waals surface area contributed by atoms with Gasteiger partial charge in [-0.15, -0.1) is 0 Å². The number of hydrogen-bond donors (Lipinski definition) is 2. The maximum absolute atomic E-state index is 14.4. The monoisotopic (exact) mass is 613 g/mol. The van der Waals surface area contributed by atoms with Gasteiger partial charge in [0.1, 0.15) is 23.4 Å². The Kier molecular flexibility index (Phi) is 15.5. The quantitative estimate of drug-likeness (QED) is 0.179. The number of methoxy groups -OCH3 is 1. The van der Waals surface area contributed by atoms with Gasteiger partial charge in [0.05, 0.1) is 7.11 Å². The lowest BCUT2D eigenvalue weighted by Crippen LogP contribution is -2.52. The molecule has 238 valence electrons. The number of amides is 3. The summed E-state index contributed by atoms with van der Waals surface area (Å²) in [6.07, 6.45) is 7.94. The van der Waals surface area contributed by atoms with E-state index in [2.05, 4.69) is 17.6 Å². The van der Waals surface area contributed by atoms with Crippen LogP contribution >= 0.6 is 11.8 Å². The maximum atomic E-state index is 14.4. The van der Waals surface area contributed by atoms with Crippen molar-refractivity contribution in [2.75, 3.05) is 31.0 Å². The number of ether oxygens (including phenoxy) is 2. The van der Waals surface area contributed by atoms with Crippen LogP contribution in [-0.4, -0.2) is 60.1 Å². The third-order valence-corrected chi connectivity index (χ3v) is 7.55. The normalized spacial score (nSPS) is 12.6. The van der Waals surface area contributed by atoms with Crippen LogP contribution < -0.4 is 15.4 Å². The van der Waals surface area contributed by atoms with Crippen LogP contribution in [0.15, 0.2) is 48.5 Å². The lowest BCUT2D eigenvalue weighted by molar-refractivity contribution is -0.141. The highest BCUT2D eigenvalue weighted by Crippen LogP contribution is 2.27. The molecule has 0 aliphatic rings. The fourth-order valence-corrected chi connectivity index (χ4v) is 5.24. The van der Waals surface area contributed by atoms with Crippen molar-refractivity contribution in [3.8, 4) is 5.75 Å². The first-order valence-corrected chi connectivity index (χ1v) is 16.7. The summed E-state index contributed by atoms with van der Waals surface area (Å²) in [6, 6.07) is 13.0. The van der Waals surface area contributed by atoms with Crippen LogP contribution in [0.5, 0.6) is 5.75 Å². The van der Waals surface area contributed by atoms with Crippen molar-refractivity contribution in [1.82, 2.24) is 10.2 Å². The van der Waals surface area contributed by atoms with Crippen molar-refractivity contribution in [1.29, 1.82) is 0 Å². The number of rotatable bonds is 17. The molecule has 0 aliphatic heterocycles. The van der Waals surface area contributed by atoms with E-state index in [4.69, 9.17) is 9.47 Å². The molecule has 0 aromatic heterocycles. The molecule has 0 radical (unpaired) electrons. The van der Waals surface area contributed by atoms with Crippen LogP contribution in [0.4, 0.5) is 10.5 Å². The predicted molar refractivity (Wildman–Crippen MR) is 177 cm³/mol. The molecular weight excluding hydrogens is 562 g/mol. The Morgan fingerprint density at radius 3 is 2.26 bits per heavy atom. The molecule has 0 bridgehead atoms. The number of carbonyl (C=O) groups excluding carboxylic acids is 3. The van der Waals surface area contributed by atoms with Crippen LogP contribution in [-0.2, 0) is 14.3 Å². The second-order valence-electron chi connectivity index (χ2n) is 11.8. The van der Waals surface area contributed by atoms with E-state index in [-0.39, 0.29) is 11.8 Å². The molecule has 0 aliphatic carbocycles. The van der Waals surface area contributed by atoms with Gasteiger partial charge in [0, 0.05) is 12.2 Å². The first-order valence-electron chi connectivity index (χ1n) is 15.3. The zero-order valence-electron chi connectivity index (χ0n) is 27.0. The van der Waals surface area contributed by atoms with Crippen LogP contribution in [0.25, 0.3) is 0 Å². The first-order chi connectivity index (χ1) is 20.5. The number of anilines is 1. The number of carbonyl (C=O) groups is 3. The Bertz CT molecular complexity index is 1150. The van der Waals surface area contributed by atoms with Crippen molar-refractivity contribution in [3.63, 3.8) is 0 Å². The Morgan fingerprint density at radius 1 is 0.977 bits per heavy atom. The smallest absolute Gasteiger partial charge is 0.408 e. The molecule has 9 heteroatoms. The van der Waals surface area contributed by atoms with Crippen LogP contribution in [0.1, 0.15) is 89.8 Å². The summed E-state index contributed by atoms with van der Waals surface area (Å²) in [7, 11) is 1.59. The highest BCUT2D eigenvalue weighted by molar-refractivity contribution is 7.98. The summed E-state index contributed by atoms with van der Waals surface area (Å²) in [5.74, 6) is 0.711. The topological polar surface area (TPSA) is 97.0 Å². The van der Waals surface area contributed by atoms with Crippen LogP contribution in [0, 0.1) is 6.92 Å². The van der Waals surface area contributed by atoms with Crippen molar-refractivity contribution in [2.45, 2.75) is 97.2 Å². The Hall–Kier alpha value is -3.20. The van der Waals surface area contributed by atoms with E-state index in [0.29, 0.717) is 35.7 Å². The molecule has 2 atom stereocenters. The van der Waals surface area contributed by atoms with Gasteiger partial charge in [0.25, 0.3) is 5.91 Å². The van der Waals surface area contributed by atoms with E-state index in [9.17, 15) is 14.4 Å². The lowest BCUT2D eigenvalue weighted by Gasteiger charge is -2.35. The average Bonchev–Trinajstić information content (AvgIpc) is 2.95. The molecule has 0 saturated heterocycles. The van der Waals surface area contributed by atoms with E-state index >= 15 is 0 Å². The second kappa shape index (κ2) is 18.5. The summed E-state index contributed by atoms with van der Waals surface area (Å²) in [6.45, 7) is 9.88. The van der Waals surface area contributed by atoms with Crippen molar-refractivity contribution < 1.29 is 23.9 Å². The summed E-state index contributed by atoms with van der Waals surface area (Å²) in [5.41, 5.74) is 1.59. The molecule has 3 amide bonds. The number of thioether (sulfide) groups is 1. The highest BCUT2D eigenvalue weighted by atomic mass is 32.2. The minimum absolute atomic E-state index is 0.301. The Labute approximate surface area is 262 Å². The molecule has 43 heavy (non-hydrogen) atoms. The molecule has 2 aromatic carbocycles. The Balaban J connectivity index is 2.49. The third-order valence-electron chi connectivity index (χ3n) is 6.91. The molecule has 2 aromatic rings. The summed E-state index contributed by atoms with van der Waals surface area (Å²) in [5, 5.41) is 5.83. The number of unbranched alkanes of at least 4 members (excludes halogenated alkanes) is 5. The van der Waals surface area contributed by atoms with Gasteiger partial charge in [0.2, 0.25) is 5.91 Å². The van der Waals surface area contributed by atoms with Gasteiger partial charge >= 0.3 is 6.09 Å². The van der Waals surface area contributed by atoms with Crippen molar-refractivity contribution in [3.05, 3.63) is 59.7 Å². The van der Waals surface area contributed by atoms with Gasteiger partial charge in [-0.3, -0.25) is 9.59 Å². The van der Waals surface area contributed by atoms with Gasteiger partial charge in [-0.2, -0.15) is 11.8 Å². The van der Waals surface area contributed by atoms with Crippen molar-refractivity contribution in [2.24, 2.45) is 0 Å². The van der Waals surface area contributed by atoms with E-state index in [1.165, 1.54) is 6.42 Å². The van der Waals surface area contributed by atoms with Gasteiger partial charge in [-0.05, 0) is 82.4 Å². The fourth-order valence-electron chi connectivity index (χ4n) is 4.77. The molecule has 0 spiro atoms. The van der Waals surface area contributed by atoms with E-state index < -0.39 is 23.8 Å². The first kappa shape index (κ1) is 36.0. The van der Waals surface area contributed by atoms with E-state index in [1.54, 1.807) is 68.8 Å². The molecule has 8 nitrogen and oxygen atoms in total. The number of aryl methyl sites for hydroxylation is 1. The third kappa shape index (κ3) is 12.9. The van der Waals surface area contributed by atoms with Crippen LogP contribution in [0.3, 0.4) is 0 Å². The van der Waals surface area contributed by atoms with Gasteiger partial charge in [-0.25, -0.2) is 4.79 Å². The SMILES string of the molecule is CCCCCCCCN(C(=O)C(CCSC)NC(=O)OC(C)(C)C)C(C(=O)Nc1ccc(OC)cc1)c1cccc(C)c1.